The normalized spacial score (nSPS) is 22.7. The van der Waals surface area contributed by atoms with E-state index in [1.54, 1.807) is 6.20 Å². The van der Waals surface area contributed by atoms with Crippen LogP contribution >= 0.6 is 23.4 Å². The van der Waals surface area contributed by atoms with Crippen LogP contribution in [0, 0.1) is 0 Å². The summed E-state index contributed by atoms with van der Waals surface area (Å²) in [6.07, 6.45) is 6.17. The van der Waals surface area contributed by atoms with E-state index in [0.717, 1.165) is 16.4 Å². The van der Waals surface area contributed by atoms with Gasteiger partial charge in [-0.05, 0) is 36.8 Å². The molecule has 3 rings (SSSR count). The molecule has 20 heavy (non-hydrogen) atoms. The number of rotatable bonds is 3. The summed E-state index contributed by atoms with van der Waals surface area (Å²) in [5.41, 5.74) is 1.99. The van der Waals surface area contributed by atoms with Gasteiger partial charge in [0.2, 0.25) is 0 Å². The molecule has 1 N–H and O–H groups in total. The van der Waals surface area contributed by atoms with Crippen LogP contribution < -0.4 is 5.32 Å². The lowest BCUT2D eigenvalue weighted by Gasteiger charge is -2.30. The third-order valence-corrected chi connectivity index (χ3v) is 5.35. The van der Waals surface area contributed by atoms with E-state index in [1.165, 1.54) is 18.6 Å². The lowest BCUT2D eigenvalue weighted by molar-refractivity contribution is 0.617. The first kappa shape index (κ1) is 13.8. The monoisotopic (exact) mass is 307 g/mol. The van der Waals surface area contributed by atoms with Crippen molar-refractivity contribution in [2.75, 3.05) is 11.1 Å². The number of halogens is 1. The fraction of sp³-hybridized carbons (Fsp3) is 0.400. The average molecular weight is 308 g/mol. The fourth-order valence-electron chi connectivity index (χ4n) is 2.58. The van der Waals surface area contributed by atoms with E-state index in [4.69, 9.17) is 11.6 Å². The van der Waals surface area contributed by atoms with Crippen LogP contribution in [-0.2, 0) is 0 Å². The zero-order valence-electron chi connectivity index (χ0n) is 11.4. The van der Waals surface area contributed by atoms with Crippen molar-refractivity contribution in [1.82, 2.24) is 9.78 Å². The minimum absolute atomic E-state index is 0.488. The zero-order valence-corrected chi connectivity index (χ0v) is 13.0. The molecule has 2 aromatic rings. The Kier molecular flexibility index (Phi) is 4.22. The molecule has 5 heteroatoms. The first-order valence-electron chi connectivity index (χ1n) is 6.92. The molecule has 0 aliphatic carbocycles. The molecule has 1 aromatic heterocycles. The van der Waals surface area contributed by atoms with E-state index in [0.29, 0.717) is 11.3 Å². The van der Waals surface area contributed by atoms with Crippen LogP contribution in [0.3, 0.4) is 0 Å². The number of hydrogen-bond acceptors (Lipinski definition) is 3. The predicted octanol–water partition coefficient (Wildman–Crippen LogP) is 4.22. The number of anilines is 1. The van der Waals surface area contributed by atoms with E-state index in [1.807, 2.05) is 40.8 Å². The number of thioether (sulfide) groups is 1. The molecule has 2 unspecified atom stereocenters. The largest absolute Gasteiger partial charge is 0.379 e. The summed E-state index contributed by atoms with van der Waals surface area (Å²) in [7, 11) is 0. The van der Waals surface area contributed by atoms with Gasteiger partial charge in [-0.15, -0.1) is 0 Å². The van der Waals surface area contributed by atoms with Gasteiger partial charge in [0.15, 0.2) is 0 Å². The Labute approximate surface area is 128 Å². The summed E-state index contributed by atoms with van der Waals surface area (Å²) in [5, 5.41) is 9.31. The molecule has 2 atom stereocenters. The summed E-state index contributed by atoms with van der Waals surface area (Å²) in [6.45, 7) is 2.29. The molecule has 0 amide bonds. The average Bonchev–Trinajstić information content (AvgIpc) is 2.95. The summed E-state index contributed by atoms with van der Waals surface area (Å²) in [5.74, 6) is 1.26. The van der Waals surface area contributed by atoms with E-state index < -0.39 is 0 Å². The molecular formula is C15H18ClN3S. The van der Waals surface area contributed by atoms with Crippen LogP contribution in [0.5, 0.6) is 0 Å². The van der Waals surface area contributed by atoms with Crippen molar-refractivity contribution >= 4 is 29.1 Å². The van der Waals surface area contributed by atoms with E-state index in [-0.39, 0.29) is 0 Å². The minimum Gasteiger partial charge on any atom is -0.379 e. The standard InChI is InChI=1S/C15H18ClN3S/c1-11-13(7-3-10-20-11)18-14-6-2-5-12(16)15(14)19-9-4-8-17-19/h2,4-6,8-9,11,13,18H,3,7,10H2,1H3. The van der Waals surface area contributed by atoms with Crippen LogP contribution in [0.1, 0.15) is 19.8 Å². The maximum absolute atomic E-state index is 6.37. The summed E-state index contributed by atoms with van der Waals surface area (Å²) >= 11 is 8.40. The molecule has 1 fully saturated rings. The predicted molar refractivity (Wildman–Crippen MR) is 87.1 cm³/mol. The van der Waals surface area contributed by atoms with Gasteiger partial charge in [-0.3, -0.25) is 0 Å². The zero-order chi connectivity index (χ0) is 13.9. The third-order valence-electron chi connectivity index (χ3n) is 3.67. The second-order valence-electron chi connectivity index (χ2n) is 5.06. The smallest absolute Gasteiger partial charge is 0.106 e. The number of aromatic nitrogens is 2. The second-order valence-corrected chi connectivity index (χ2v) is 6.95. The lowest BCUT2D eigenvalue weighted by atomic mass is 10.1. The summed E-state index contributed by atoms with van der Waals surface area (Å²) in [4.78, 5) is 0. The van der Waals surface area contributed by atoms with Gasteiger partial charge in [-0.1, -0.05) is 24.6 Å². The molecule has 2 heterocycles. The highest BCUT2D eigenvalue weighted by Gasteiger charge is 2.23. The number of benzene rings is 1. The Bertz CT molecular complexity index is 571. The molecule has 1 aliphatic heterocycles. The van der Waals surface area contributed by atoms with E-state index >= 15 is 0 Å². The topological polar surface area (TPSA) is 29.9 Å². The highest BCUT2D eigenvalue weighted by atomic mass is 35.5. The fourth-order valence-corrected chi connectivity index (χ4v) is 3.98. The van der Waals surface area contributed by atoms with Crippen molar-refractivity contribution in [3.05, 3.63) is 41.7 Å². The molecule has 1 aliphatic rings. The Balaban J connectivity index is 1.91. The highest BCUT2D eigenvalue weighted by molar-refractivity contribution is 8.00. The molecule has 1 saturated heterocycles. The molecule has 0 radical (unpaired) electrons. The Morgan fingerprint density at radius 1 is 1.40 bits per heavy atom. The molecule has 0 bridgehead atoms. The Morgan fingerprint density at radius 3 is 3.05 bits per heavy atom. The first-order chi connectivity index (χ1) is 9.75. The van der Waals surface area contributed by atoms with Crippen LogP contribution in [0.25, 0.3) is 5.69 Å². The van der Waals surface area contributed by atoms with Crippen molar-refractivity contribution in [2.45, 2.75) is 31.1 Å². The number of nitrogens with zero attached hydrogens (tertiary/aromatic N) is 2. The number of para-hydroxylation sites is 1. The van der Waals surface area contributed by atoms with Crippen molar-refractivity contribution < 1.29 is 0 Å². The van der Waals surface area contributed by atoms with Gasteiger partial charge < -0.3 is 5.32 Å². The second kappa shape index (κ2) is 6.10. The van der Waals surface area contributed by atoms with E-state index in [9.17, 15) is 0 Å². The summed E-state index contributed by atoms with van der Waals surface area (Å²) < 4.78 is 1.82. The third kappa shape index (κ3) is 2.81. The maximum atomic E-state index is 6.37. The van der Waals surface area contributed by atoms with Crippen LogP contribution in [-0.4, -0.2) is 26.8 Å². The molecular weight excluding hydrogens is 290 g/mol. The molecule has 106 valence electrons. The minimum atomic E-state index is 0.488. The van der Waals surface area contributed by atoms with Gasteiger partial charge in [-0.25, -0.2) is 4.68 Å². The summed E-state index contributed by atoms with van der Waals surface area (Å²) in [6, 6.07) is 8.36. The molecule has 0 spiro atoms. The Morgan fingerprint density at radius 2 is 2.30 bits per heavy atom. The number of hydrogen-bond donors (Lipinski definition) is 1. The van der Waals surface area contributed by atoms with E-state index in [2.05, 4.69) is 23.4 Å². The SMILES string of the molecule is CC1SCCCC1Nc1cccc(Cl)c1-n1cccn1. The van der Waals surface area contributed by atoms with Crippen molar-refractivity contribution in [3.63, 3.8) is 0 Å². The van der Waals surface area contributed by atoms with Crippen LogP contribution in [0.4, 0.5) is 5.69 Å². The van der Waals surface area contributed by atoms with Crippen molar-refractivity contribution in [1.29, 1.82) is 0 Å². The molecule has 0 saturated carbocycles. The van der Waals surface area contributed by atoms with Gasteiger partial charge in [0.05, 0.1) is 10.7 Å². The van der Waals surface area contributed by atoms with Crippen molar-refractivity contribution in [2.24, 2.45) is 0 Å². The van der Waals surface area contributed by atoms with Gasteiger partial charge >= 0.3 is 0 Å². The van der Waals surface area contributed by atoms with Crippen LogP contribution in [0.15, 0.2) is 36.7 Å². The highest BCUT2D eigenvalue weighted by Crippen LogP contribution is 2.32. The van der Waals surface area contributed by atoms with Crippen LogP contribution in [0.2, 0.25) is 5.02 Å². The van der Waals surface area contributed by atoms with Crippen molar-refractivity contribution in [3.8, 4) is 5.69 Å². The van der Waals surface area contributed by atoms with Gasteiger partial charge in [-0.2, -0.15) is 16.9 Å². The number of nitrogens with one attached hydrogen (secondary N) is 1. The quantitative estimate of drug-likeness (QED) is 0.920. The Hall–Kier alpha value is -1.13. The van der Waals surface area contributed by atoms with Gasteiger partial charge in [0.25, 0.3) is 0 Å². The first-order valence-corrected chi connectivity index (χ1v) is 8.35. The lowest BCUT2D eigenvalue weighted by Crippen LogP contribution is -2.33. The molecule has 3 nitrogen and oxygen atoms in total. The van der Waals surface area contributed by atoms with Gasteiger partial charge in [0, 0.05) is 23.7 Å². The molecule has 1 aromatic carbocycles. The van der Waals surface area contributed by atoms with Gasteiger partial charge in [0.1, 0.15) is 5.69 Å². The maximum Gasteiger partial charge on any atom is 0.106 e.